The Kier molecular flexibility index (Phi) is 1.63. The molecule has 1 aliphatic carbocycles. The van der Waals surface area contributed by atoms with E-state index in [1.807, 2.05) is 0 Å². The number of fused-ring (bicyclic) bond motifs is 1. The maximum absolute atomic E-state index is 11.3. The SMILES string of the molecule is O=C1c2ccc(O)cc2C(=O)C1Cl. The van der Waals surface area contributed by atoms with E-state index >= 15 is 0 Å². The number of hydrogen-bond acceptors (Lipinski definition) is 3. The molecule has 1 aliphatic rings. The largest absolute Gasteiger partial charge is 0.508 e. The number of carbonyl (C=O) groups excluding carboxylic acids is 2. The quantitative estimate of drug-likeness (QED) is 0.504. The fraction of sp³-hybridized carbons (Fsp3) is 0.111. The molecule has 2 rings (SSSR count). The summed E-state index contributed by atoms with van der Waals surface area (Å²) in [4.78, 5) is 22.6. The van der Waals surface area contributed by atoms with Crippen molar-refractivity contribution in [3.8, 4) is 5.75 Å². The average molecular weight is 197 g/mol. The molecule has 0 spiro atoms. The lowest BCUT2D eigenvalue weighted by atomic mass is 10.1. The van der Waals surface area contributed by atoms with E-state index < -0.39 is 11.2 Å². The van der Waals surface area contributed by atoms with Crippen molar-refractivity contribution in [1.29, 1.82) is 0 Å². The van der Waals surface area contributed by atoms with Gasteiger partial charge in [0.05, 0.1) is 0 Å². The molecule has 0 aromatic heterocycles. The summed E-state index contributed by atoms with van der Waals surface area (Å²) in [6.07, 6.45) is 0. The van der Waals surface area contributed by atoms with Crippen LogP contribution in [0, 0.1) is 0 Å². The Bertz CT molecular complexity index is 411. The fourth-order valence-electron chi connectivity index (χ4n) is 1.34. The first-order valence-electron chi connectivity index (χ1n) is 3.67. The Labute approximate surface area is 78.9 Å². The Hall–Kier alpha value is -1.35. The third-order valence-electron chi connectivity index (χ3n) is 1.99. The third kappa shape index (κ3) is 1.04. The van der Waals surface area contributed by atoms with Crippen molar-refractivity contribution in [3.05, 3.63) is 29.3 Å². The van der Waals surface area contributed by atoms with Crippen LogP contribution >= 0.6 is 11.6 Å². The lowest BCUT2D eigenvalue weighted by Gasteiger charge is -1.95. The first kappa shape index (κ1) is 8.26. The van der Waals surface area contributed by atoms with Crippen molar-refractivity contribution < 1.29 is 14.7 Å². The van der Waals surface area contributed by atoms with E-state index in [2.05, 4.69) is 0 Å². The number of phenolic OH excluding ortho intramolecular Hbond substituents is 1. The summed E-state index contributed by atoms with van der Waals surface area (Å²) < 4.78 is 0. The lowest BCUT2D eigenvalue weighted by molar-refractivity contribution is 0.0928. The predicted octanol–water partition coefficient (Wildman–Crippen LogP) is 1.38. The normalized spacial score (nSPS) is 20.5. The second kappa shape index (κ2) is 2.57. The van der Waals surface area contributed by atoms with Crippen molar-refractivity contribution >= 4 is 23.2 Å². The van der Waals surface area contributed by atoms with E-state index in [4.69, 9.17) is 16.7 Å². The van der Waals surface area contributed by atoms with Gasteiger partial charge in [-0.05, 0) is 18.2 Å². The number of halogens is 1. The molecule has 1 aromatic carbocycles. The second-order valence-corrected chi connectivity index (χ2v) is 3.26. The van der Waals surface area contributed by atoms with Crippen LogP contribution in [-0.4, -0.2) is 22.1 Å². The number of benzene rings is 1. The van der Waals surface area contributed by atoms with E-state index in [0.717, 1.165) is 0 Å². The van der Waals surface area contributed by atoms with Crippen molar-refractivity contribution in [3.63, 3.8) is 0 Å². The molecular weight excluding hydrogens is 192 g/mol. The number of carbonyl (C=O) groups is 2. The van der Waals surface area contributed by atoms with Gasteiger partial charge in [-0.25, -0.2) is 0 Å². The maximum atomic E-state index is 11.3. The van der Waals surface area contributed by atoms with Gasteiger partial charge in [-0.3, -0.25) is 9.59 Å². The molecule has 1 N–H and O–H groups in total. The number of aromatic hydroxyl groups is 1. The minimum absolute atomic E-state index is 0.0364. The van der Waals surface area contributed by atoms with E-state index in [1.165, 1.54) is 18.2 Å². The van der Waals surface area contributed by atoms with Crippen molar-refractivity contribution in [2.75, 3.05) is 0 Å². The summed E-state index contributed by atoms with van der Waals surface area (Å²) in [5.41, 5.74) is 0.507. The summed E-state index contributed by atoms with van der Waals surface area (Å²) in [5.74, 6) is -0.857. The molecule has 66 valence electrons. The minimum Gasteiger partial charge on any atom is -0.508 e. The molecule has 1 atom stereocenters. The van der Waals surface area contributed by atoms with Gasteiger partial charge in [-0.2, -0.15) is 0 Å². The molecule has 0 saturated heterocycles. The minimum atomic E-state index is -1.11. The van der Waals surface area contributed by atoms with Crippen LogP contribution in [0.3, 0.4) is 0 Å². The van der Waals surface area contributed by atoms with Crippen LogP contribution < -0.4 is 0 Å². The van der Waals surface area contributed by atoms with Crippen LogP contribution in [0.5, 0.6) is 5.75 Å². The first-order chi connectivity index (χ1) is 6.11. The Morgan fingerprint density at radius 2 is 1.77 bits per heavy atom. The topological polar surface area (TPSA) is 54.4 Å². The first-order valence-corrected chi connectivity index (χ1v) is 4.10. The Morgan fingerprint density at radius 3 is 2.46 bits per heavy atom. The molecule has 1 unspecified atom stereocenters. The molecule has 0 heterocycles. The highest BCUT2D eigenvalue weighted by Crippen LogP contribution is 2.28. The Morgan fingerprint density at radius 1 is 1.15 bits per heavy atom. The highest BCUT2D eigenvalue weighted by Gasteiger charge is 2.36. The van der Waals surface area contributed by atoms with Crippen LogP contribution in [0.15, 0.2) is 18.2 Å². The Balaban J connectivity index is 2.67. The lowest BCUT2D eigenvalue weighted by Crippen LogP contribution is -2.13. The van der Waals surface area contributed by atoms with Gasteiger partial charge in [0, 0.05) is 11.1 Å². The number of hydrogen-bond donors (Lipinski definition) is 1. The standard InChI is InChI=1S/C9H5ClO3/c10-7-8(12)5-2-1-4(11)3-6(5)9(7)13/h1-3,7,11H. The zero-order valence-electron chi connectivity index (χ0n) is 6.45. The monoisotopic (exact) mass is 196 g/mol. The van der Waals surface area contributed by atoms with Gasteiger partial charge in [-0.1, -0.05) is 0 Å². The van der Waals surface area contributed by atoms with Crippen molar-refractivity contribution in [1.82, 2.24) is 0 Å². The predicted molar refractivity (Wildman–Crippen MR) is 46.4 cm³/mol. The zero-order chi connectivity index (χ0) is 9.59. The van der Waals surface area contributed by atoms with Gasteiger partial charge in [0.2, 0.25) is 0 Å². The molecule has 13 heavy (non-hydrogen) atoms. The molecule has 0 amide bonds. The van der Waals surface area contributed by atoms with Crippen LogP contribution in [0.25, 0.3) is 0 Å². The van der Waals surface area contributed by atoms with E-state index in [-0.39, 0.29) is 17.1 Å². The molecule has 3 nitrogen and oxygen atoms in total. The molecule has 0 bridgehead atoms. The molecule has 4 heteroatoms. The van der Waals surface area contributed by atoms with Gasteiger partial charge in [0.25, 0.3) is 0 Å². The number of ketones is 2. The van der Waals surface area contributed by atoms with Gasteiger partial charge in [-0.15, -0.1) is 11.6 Å². The van der Waals surface area contributed by atoms with Gasteiger partial charge >= 0.3 is 0 Å². The van der Waals surface area contributed by atoms with Crippen molar-refractivity contribution in [2.24, 2.45) is 0 Å². The highest BCUT2D eigenvalue weighted by molar-refractivity contribution is 6.50. The summed E-state index contributed by atoms with van der Waals surface area (Å²) in [6.45, 7) is 0. The van der Waals surface area contributed by atoms with E-state index in [0.29, 0.717) is 5.56 Å². The van der Waals surface area contributed by atoms with Gasteiger partial charge in [0.1, 0.15) is 5.75 Å². The summed E-state index contributed by atoms with van der Waals surface area (Å²) >= 11 is 5.55. The molecule has 0 radical (unpaired) electrons. The molecular formula is C9H5ClO3. The number of phenols is 1. The summed E-state index contributed by atoms with van der Waals surface area (Å²) in [7, 11) is 0. The van der Waals surface area contributed by atoms with E-state index in [1.54, 1.807) is 0 Å². The van der Waals surface area contributed by atoms with Crippen LogP contribution in [-0.2, 0) is 0 Å². The van der Waals surface area contributed by atoms with Crippen LogP contribution in [0.2, 0.25) is 0 Å². The average Bonchev–Trinajstić information content (AvgIpc) is 2.32. The van der Waals surface area contributed by atoms with Gasteiger partial charge < -0.3 is 5.11 Å². The number of alkyl halides is 1. The van der Waals surface area contributed by atoms with E-state index in [9.17, 15) is 9.59 Å². The third-order valence-corrected chi connectivity index (χ3v) is 2.39. The maximum Gasteiger partial charge on any atom is 0.189 e. The molecule has 1 aromatic rings. The summed E-state index contributed by atoms with van der Waals surface area (Å²) in [6, 6.07) is 4.03. The highest BCUT2D eigenvalue weighted by atomic mass is 35.5. The molecule has 0 fully saturated rings. The molecule has 0 saturated carbocycles. The zero-order valence-corrected chi connectivity index (χ0v) is 7.21. The van der Waals surface area contributed by atoms with Gasteiger partial charge in [0.15, 0.2) is 16.9 Å². The smallest absolute Gasteiger partial charge is 0.189 e. The molecule has 0 aliphatic heterocycles. The fourth-order valence-corrected chi connectivity index (χ4v) is 1.58. The van der Waals surface area contributed by atoms with Crippen LogP contribution in [0.1, 0.15) is 20.7 Å². The number of rotatable bonds is 0. The van der Waals surface area contributed by atoms with Crippen LogP contribution in [0.4, 0.5) is 0 Å². The second-order valence-electron chi connectivity index (χ2n) is 2.82. The van der Waals surface area contributed by atoms with Crippen molar-refractivity contribution in [2.45, 2.75) is 5.38 Å². The number of Topliss-reactive ketones (excluding diaryl/α,β-unsaturated/α-hetero) is 2. The summed E-state index contributed by atoms with van der Waals surface area (Å²) in [5, 5.41) is 7.97.